The van der Waals surface area contributed by atoms with Gasteiger partial charge in [-0.3, -0.25) is 0 Å². The van der Waals surface area contributed by atoms with Crippen molar-refractivity contribution in [1.82, 2.24) is 5.32 Å². The molecule has 4 nitrogen and oxygen atoms in total. The van der Waals surface area contributed by atoms with Crippen molar-refractivity contribution in [3.8, 4) is 0 Å². The zero-order valence-electron chi connectivity index (χ0n) is 9.22. The summed E-state index contributed by atoms with van der Waals surface area (Å²) in [7, 11) is 0. The molecule has 0 spiro atoms. The highest BCUT2D eigenvalue weighted by Crippen LogP contribution is 2.40. The molecule has 0 aromatic rings. The van der Waals surface area contributed by atoms with Crippen LogP contribution in [0.4, 0.5) is 4.79 Å². The molecule has 0 aromatic carbocycles. The lowest BCUT2D eigenvalue weighted by Crippen LogP contribution is -2.51. The zero-order valence-corrected chi connectivity index (χ0v) is 9.97. The lowest BCUT2D eigenvalue weighted by molar-refractivity contribution is 0.177. The Hall–Kier alpha value is -0.480. The van der Waals surface area contributed by atoms with Gasteiger partial charge in [0.2, 0.25) is 0 Å². The van der Waals surface area contributed by atoms with Crippen LogP contribution in [0.25, 0.3) is 0 Å². The number of hydrogen-bond donors (Lipinski definition) is 3. The van der Waals surface area contributed by atoms with E-state index in [-0.39, 0.29) is 6.04 Å². The number of hydrogen-bond acceptors (Lipinski definition) is 2. The molecule has 1 fully saturated rings. The first-order valence-electron chi connectivity index (χ1n) is 5.21. The molecule has 0 heterocycles. The normalized spacial score (nSPS) is 31.6. The van der Waals surface area contributed by atoms with Crippen LogP contribution in [0.15, 0.2) is 0 Å². The number of halogens is 1. The standard InChI is InChI=1S/C10H19ClN2O2/c1-9(2,13-8(14)15)6-10(11)5-3-4-7(10)12/h7,13H,3-6,12H2,1-2H3,(H,14,15)/t7-,10-/m0/s1. The average Bonchev–Trinajstić information content (AvgIpc) is 2.27. The Labute approximate surface area is 95.2 Å². The van der Waals surface area contributed by atoms with Crippen LogP contribution >= 0.6 is 11.6 Å². The summed E-state index contributed by atoms with van der Waals surface area (Å²) in [5.41, 5.74) is 5.41. The summed E-state index contributed by atoms with van der Waals surface area (Å²) >= 11 is 6.43. The largest absolute Gasteiger partial charge is 0.465 e. The minimum Gasteiger partial charge on any atom is -0.465 e. The summed E-state index contributed by atoms with van der Waals surface area (Å²) in [4.78, 5) is 10.1. The Morgan fingerprint density at radius 1 is 1.73 bits per heavy atom. The van der Waals surface area contributed by atoms with Crippen molar-refractivity contribution in [2.24, 2.45) is 5.73 Å². The molecule has 1 amide bonds. The zero-order chi connectivity index (χ0) is 11.7. The van der Waals surface area contributed by atoms with Crippen LogP contribution in [0.5, 0.6) is 0 Å². The molecule has 15 heavy (non-hydrogen) atoms. The predicted octanol–water partition coefficient (Wildman–Crippen LogP) is 1.91. The number of amides is 1. The maximum atomic E-state index is 10.6. The van der Waals surface area contributed by atoms with E-state index in [9.17, 15) is 4.79 Å². The van der Waals surface area contributed by atoms with Crippen molar-refractivity contribution in [1.29, 1.82) is 0 Å². The van der Waals surface area contributed by atoms with Crippen LogP contribution in [0.1, 0.15) is 39.5 Å². The monoisotopic (exact) mass is 234 g/mol. The average molecular weight is 235 g/mol. The maximum Gasteiger partial charge on any atom is 0.405 e. The van der Waals surface area contributed by atoms with E-state index in [0.717, 1.165) is 19.3 Å². The Morgan fingerprint density at radius 3 is 2.73 bits per heavy atom. The highest BCUT2D eigenvalue weighted by Gasteiger charge is 2.43. The van der Waals surface area contributed by atoms with Gasteiger partial charge in [0.1, 0.15) is 0 Å². The topological polar surface area (TPSA) is 75.3 Å². The van der Waals surface area contributed by atoms with E-state index in [2.05, 4.69) is 5.32 Å². The molecule has 0 aliphatic heterocycles. The molecule has 0 radical (unpaired) electrons. The Morgan fingerprint density at radius 2 is 2.33 bits per heavy atom. The minimum absolute atomic E-state index is 0.0333. The molecule has 0 unspecified atom stereocenters. The van der Waals surface area contributed by atoms with Gasteiger partial charge in [-0.1, -0.05) is 6.42 Å². The number of alkyl halides is 1. The quantitative estimate of drug-likeness (QED) is 0.653. The summed E-state index contributed by atoms with van der Waals surface area (Å²) in [6.07, 6.45) is 2.35. The van der Waals surface area contributed by atoms with Crippen LogP contribution in [-0.4, -0.2) is 27.7 Å². The van der Waals surface area contributed by atoms with Crippen LogP contribution in [-0.2, 0) is 0 Å². The highest BCUT2D eigenvalue weighted by atomic mass is 35.5. The third kappa shape index (κ3) is 3.24. The fraction of sp³-hybridized carbons (Fsp3) is 0.900. The Bertz CT molecular complexity index is 258. The van der Waals surface area contributed by atoms with Crippen molar-refractivity contribution in [3.63, 3.8) is 0 Å². The van der Waals surface area contributed by atoms with Gasteiger partial charge < -0.3 is 16.2 Å². The fourth-order valence-corrected chi connectivity index (χ4v) is 2.92. The number of nitrogens with one attached hydrogen (secondary N) is 1. The van der Waals surface area contributed by atoms with Crippen LogP contribution in [0.2, 0.25) is 0 Å². The highest BCUT2D eigenvalue weighted by molar-refractivity contribution is 6.24. The van der Waals surface area contributed by atoms with Gasteiger partial charge in [-0.25, -0.2) is 4.79 Å². The van der Waals surface area contributed by atoms with Gasteiger partial charge in [0.25, 0.3) is 0 Å². The first kappa shape index (κ1) is 12.6. The van der Waals surface area contributed by atoms with Crippen molar-refractivity contribution < 1.29 is 9.90 Å². The molecule has 2 atom stereocenters. The summed E-state index contributed by atoms with van der Waals surface area (Å²) in [5.74, 6) is 0. The minimum atomic E-state index is -1.02. The van der Waals surface area contributed by atoms with Crippen LogP contribution in [0, 0.1) is 0 Å². The Kier molecular flexibility index (Phi) is 3.51. The van der Waals surface area contributed by atoms with Gasteiger partial charge in [0, 0.05) is 11.6 Å². The van der Waals surface area contributed by atoms with Gasteiger partial charge >= 0.3 is 6.09 Å². The van der Waals surface area contributed by atoms with Crippen molar-refractivity contribution >= 4 is 17.7 Å². The molecule has 0 aromatic heterocycles. The van der Waals surface area contributed by atoms with E-state index in [4.69, 9.17) is 22.4 Å². The molecule has 0 saturated heterocycles. The van der Waals surface area contributed by atoms with E-state index in [0.29, 0.717) is 6.42 Å². The molecule has 1 rings (SSSR count). The SMILES string of the molecule is CC(C)(C[C@@]1(Cl)CCC[C@@H]1N)NC(=O)O. The van der Waals surface area contributed by atoms with Crippen LogP contribution < -0.4 is 11.1 Å². The number of nitrogens with two attached hydrogens (primary N) is 1. The van der Waals surface area contributed by atoms with Crippen LogP contribution in [0.3, 0.4) is 0 Å². The van der Waals surface area contributed by atoms with E-state index < -0.39 is 16.5 Å². The summed E-state index contributed by atoms with van der Waals surface area (Å²) < 4.78 is 0. The Balaban J connectivity index is 2.63. The van der Waals surface area contributed by atoms with Crippen molar-refractivity contribution in [2.45, 2.75) is 56.0 Å². The lowest BCUT2D eigenvalue weighted by atomic mass is 9.87. The maximum absolute atomic E-state index is 10.6. The fourth-order valence-electron chi connectivity index (χ4n) is 2.35. The molecule has 4 N–H and O–H groups in total. The molecule has 0 bridgehead atoms. The summed E-state index contributed by atoms with van der Waals surface area (Å²) in [6.45, 7) is 3.66. The molecule has 1 aliphatic carbocycles. The lowest BCUT2D eigenvalue weighted by Gasteiger charge is -2.35. The molecular formula is C10H19ClN2O2. The van der Waals surface area contributed by atoms with Gasteiger partial charge in [-0.2, -0.15) is 0 Å². The molecular weight excluding hydrogens is 216 g/mol. The summed E-state index contributed by atoms with van der Waals surface area (Å²) in [6, 6.07) is -0.0333. The van der Waals surface area contributed by atoms with E-state index in [1.54, 1.807) is 0 Å². The molecule has 88 valence electrons. The summed E-state index contributed by atoms with van der Waals surface area (Å²) in [5, 5.41) is 11.2. The van der Waals surface area contributed by atoms with E-state index in [1.165, 1.54) is 0 Å². The van der Waals surface area contributed by atoms with E-state index in [1.807, 2.05) is 13.8 Å². The van der Waals surface area contributed by atoms with Crippen molar-refractivity contribution in [3.05, 3.63) is 0 Å². The second-order valence-electron chi connectivity index (χ2n) is 5.02. The molecule has 1 saturated carbocycles. The van der Waals surface area contributed by atoms with Gasteiger partial charge in [0.05, 0.1) is 4.87 Å². The number of carbonyl (C=O) groups is 1. The predicted molar refractivity (Wildman–Crippen MR) is 60.3 cm³/mol. The molecule has 5 heteroatoms. The first-order valence-corrected chi connectivity index (χ1v) is 5.59. The second-order valence-corrected chi connectivity index (χ2v) is 5.78. The second kappa shape index (κ2) is 4.18. The number of carboxylic acid groups (broad SMARTS) is 1. The van der Waals surface area contributed by atoms with Crippen molar-refractivity contribution in [2.75, 3.05) is 0 Å². The smallest absolute Gasteiger partial charge is 0.405 e. The first-order chi connectivity index (χ1) is 6.75. The van der Waals surface area contributed by atoms with Gasteiger partial charge in [-0.15, -0.1) is 11.6 Å². The van der Waals surface area contributed by atoms with Gasteiger partial charge in [0.15, 0.2) is 0 Å². The third-order valence-electron chi connectivity index (χ3n) is 2.95. The number of rotatable bonds is 3. The molecule has 1 aliphatic rings. The third-order valence-corrected chi connectivity index (χ3v) is 3.56. The van der Waals surface area contributed by atoms with Gasteiger partial charge in [-0.05, 0) is 33.1 Å². The van der Waals surface area contributed by atoms with E-state index >= 15 is 0 Å².